The van der Waals surface area contributed by atoms with E-state index in [4.69, 9.17) is 4.74 Å². The fourth-order valence-electron chi connectivity index (χ4n) is 3.34. The zero-order valence-electron chi connectivity index (χ0n) is 17.1. The van der Waals surface area contributed by atoms with Gasteiger partial charge in [0.25, 0.3) is 11.8 Å². The Bertz CT molecular complexity index is 976. The molecule has 2 aromatic rings. The molecule has 2 aromatic carbocycles. The van der Waals surface area contributed by atoms with Crippen LogP contribution in [0, 0.1) is 20.8 Å². The van der Waals surface area contributed by atoms with Gasteiger partial charge in [0.2, 0.25) is 0 Å². The average Bonchev–Trinajstić information content (AvgIpc) is 2.89. The van der Waals surface area contributed by atoms with Crippen LogP contribution in [0.3, 0.4) is 0 Å². The van der Waals surface area contributed by atoms with Crippen LogP contribution in [0.5, 0.6) is 5.75 Å². The van der Waals surface area contributed by atoms with Crippen molar-refractivity contribution in [3.05, 3.63) is 64.3 Å². The van der Waals surface area contributed by atoms with Crippen molar-refractivity contribution in [1.82, 2.24) is 4.90 Å². The second-order valence-corrected chi connectivity index (χ2v) is 7.14. The Morgan fingerprint density at radius 2 is 1.71 bits per heavy atom. The molecular formula is C23H26N2O3. The fourth-order valence-corrected chi connectivity index (χ4v) is 3.34. The van der Waals surface area contributed by atoms with Crippen molar-refractivity contribution in [2.45, 2.75) is 34.1 Å². The monoisotopic (exact) mass is 378 g/mol. The molecule has 0 fully saturated rings. The molecule has 0 saturated carbocycles. The summed E-state index contributed by atoms with van der Waals surface area (Å²) in [6.07, 6.45) is 0.707. The van der Waals surface area contributed by atoms with Crippen LogP contribution in [0.4, 0.5) is 5.69 Å². The van der Waals surface area contributed by atoms with Crippen LogP contribution in [-0.2, 0) is 9.59 Å². The van der Waals surface area contributed by atoms with Gasteiger partial charge in [-0.05, 0) is 61.6 Å². The lowest BCUT2D eigenvalue weighted by Gasteiger charge is -2.15. The normalized spacial score (nSPS) is 14.1. The summed E-state index contributed by atoms with van der Waals surface area (Å²) in [6.45, 7) is 8.33. The Balaban J connectivity index is 2.14. The number of amides is 2. The Morgan fingerprint density at radius 1 is 0.964 bits per heavy atom. The van der Waals surface area contributed by atoms with Crippen LogP contribution >= 0.6 is 0 Å². The highest BCUT2D eigenvalue weighted by molar-refractivity contribution is 6.36. The maximum absolute atomic E-state index is 13.1. The lowest BCUT2D eigenvalue weighted by Crippen LogP contribution is -2.33. The van der Waals surface area contributed by atoms with E-state index >= 15 is 0 Å². The summed E-state index contributed by atoms with van der Waals surface area (Å²) in [5.74, 6) is 0.0552. The second kappa shape index (κ2) is 7.89. The summed E-state index contributed by atoms with van der Waals surface area (Å²) in [5, 5.41) is 3.20. The summed E-state index contributed by atoms with van der Waals surface area (Å²) in [4.78, 5) is 27.5. The fraction of sp³-hybridized carbons (Fsp3) is 0.304. The number of carbonyl (C=O) groups is 2. The van der Waals surface area contributed by atoms with Crippen LogP contribution in [0.25, 0.3) is 5.57 Å². The third-order valence-electron chi connectivity index (χ3n) is 5.03. The van der Waals surface area contributed by atoms with E-state index in [2.05, 4.69) is 5.32 Å². The number of hydrogen-bond donors (Lipinski definition) is 1. The van der Waals surface area contributed by atoms with Crippen molar-refractivity contribution in [2.24, 2.45) is 0 Å². The van der Waals surface area contributed by atoms with Crippen molar-refractivity contribution >= 4 is 23.1 Å². The number of ether oxygens (including phenoxy) is 1. The first kappa shape index (κ1) is 19.7. The third kappa shape index (κ3) is 3.52. The summed E-state index contributed by atoms with van der Waals surface area (Å²) >= 11 is 0. The highest BCUT2D eigenvalue weighted by Gasteiger charge is 2.39. The van der Waals surface area contributed by atoms with Gasteiger partial charge in [-0.15, -0.1) is 0 Å². The zero-order chi connectivity index (χ0) is 20.4. The maximum Gasteiger partial charge on any atom is 0.278 e. The summed E-state index contributed by atoms with van der Waals surface area (Å²) < 4.78 is 5.43. The predicted molar refractivity (Wildman–Crippen MR) is 111 cm³/mol. The molecule has 0 aromatic heterocycles. The Hall–Kier alpha value is -3.08. The van der Waals surface area contributed by atoms with Crippen molar-refractivity contribution in [1.29, 1.82) is 0 Å². The first-order chi connectivity index (χ1) is 13.4. The molecule has 0 saturated heterocycles. The molecule has 0 spiro atoms. The molecule has 0 atom stereocenters. The first-order valence-electron chi connectivity index (χ1n) is 9.47. The maximum atomic E-state index is 13.1. The van der Waals surface area contributed by atoms with Crippen LogP contribution in [0.2, 0.25) is 0 Å². The largest absolute Gasteiger partial charge is 0.495 e. The van der Waals surface area contributed by atoms with Gasteiger partial charge in [0.05, 0.1) is 18.4 Å². The molecule has 2 amide bonds. The van der Waals surface area contributed by atoms with Gasteiger partial charge in [0.1, 0.15) is 11.4 Å². The van der Waals surface area contributed by atoms with Gasteiger partial charge in [0, 0.05) is 6.54 Å². The topological polar surface area (TPSA) is 58.6 Å². The second-order valence-electron chi connectivity index (χ2n) is 7.14. The van der Waals surface area contributed by atoms with E-state index in [1.165, 1.54) is 4.90 Å². The SMILES string of the molecule is CCCN1C(=O)C(Nc2cc(C)ccc2OC)=C(c2ccc(C)c(C)c2)C1=O. The number of aryl methyl sites for hydroxylation is 3. The van der Waals surface area contributed by atoms with Gasteiger partial charge in [0.15, 0.2) is 0 Å². The van der Waals surface area contributed by atoms with E-state index < -0.39 is 0 Å². The van der Waals surface area contributed by atoms with E-state index in [9.17, 15) is 9.59 Å². The van der Waals surface area contributed by atoms with Gasteiger partial charge in [-0.25, -0.2) is 0 Å². The molecule has 1 aliphatic rings. The van der Waals surface area contributed by atoms with Gasteiger partial charge in [-0.2, -0.15) is 0 Å². The summed E-state index contributed by atoms with van der Waals surface area (Å²) in [7, 11) is 1.58. The minimum Gasteiger partial charge on any atom is -0.495 e. The minimum atomic E-state index is -0.302. The van der Waals surface area contributed by atoms with Crippen LogP contribution in [-0.4, -0.2) is 30.4 Å². The number of rotatable bonds is 6. The number of nitrogens with one attached hydrogen (secondary N) is 1. The lowest BCUT2D eigenvalue weighted by atomic mass is 9.99. The molecule has 28 heavy (non-hydrogen) atoms. The standard InChI is InChI=1S/C23H26N2O3/c1-6-11-25-22(26)20(17-9-8-15(3)16(4)13-17)21(23(25)27)24-18-12-14(2)7-10-19(18)28-5/h7-10,12-13,24H,6,11H2,1-5H3. The zero-order valence-corrected chi connectivity index (χ0v) is 17.1. The van der Waals surface area contributed by atoms with E-state index in [1.54, 1.807) is 7.11 Å². The number of benzene rings is 2. The molecule has 5 heteroatoms. The molecule has 5 nitrogen and oxygen atoms in total. The van der Waals surface area contributed by atoms with Gasteiger partial charge < -0.3 is 10.1 Å². The number of methoxy groups -OCH3 is 1. The highest BCUT2D eigenvalue weighted by atomic mass is 16.5. The molecular weight excluding hydrogens is 352 g/mol. The molecule has 0 unspecified atom stereocenters. The molecule has 1 heterocycles. The van der Waals surface area contributed by atoms with Crippen molar-refractivity contribution in [3.8, 4) is 5.75 Å². The van der Waals surface area contributed by atoms with E-state index in [1.807, 2.05) is 64.1 Å². The van der Waals surface area contributed by atoms with Crippen molar-refractivity contribution in [2.75, 3.05) is 19.0 Å². The Morgan fingerprint density at radius 3 is 2.36 bits per heavy atom. The predicted octanol–water partition coefficient (Wildman–Crippen LogP) is 4.22. The number of nitrogens with zero attached hydrogens (tertiary/aromatic N) is 1. The number of anilines is 1. The number of hydrogen-bond acceptors (Lipinski definition) is 4. The molecule has 0 bridgehead atoms. The highest BCUT2D eigenvalue weighted by Crippen LogP contribution is 2.34. The number of imide groups is 1. The molecule has 1 N–H and O–H groups in total. The first-order valence-corrected chi connectivity index (χ1v) is 9.47. The van der Waals surface area contributed by atoms with Crippen LogP contribution < -0.4 is 10.1 Å². The molecule has 146 valence electrons. The van der Waals surface area contributed by atoms with Crippen molar-refractivity contribution < 1.29 is 14.3 Å². The third-order valence-corrected chi connectivity index (χ3v) is 5.03. The molecule has 0 radical (unpaired) electrons. The minimum absolute atomic E-state index is 0.260. The van der Waals surface area contributed by atoms with E-state index in [0.29, 0.717) is 35.7 Å². The summed E-state index contributed by atoms with van der Waals surface area (Å²) in [6, 6.07) is 11.5. The molecule has 0 aliphatic carbocycles. The van der Waals surface area contributed by atoms with Crippen molar-refractivity contribution in [3.63, 3.8) is 0 Å². The van der Waals surface area contributed by atoms with Crippen LogP contribution in [0.1, 0.15) is 35.6 Å². The Kier molecular flexibility index (Phi) is 5.54. The quantitative estimate of drug-likeness (QED) is 0.765. The van der Waals surface area contributed by atoms with Gasteiger partial charge in [-0.1, -0.05) is 31.2 Å². The lowest BCUT2D eigenvalue weighted by molar-refractivity contribution is -0.136. The average molecular weight is 378 g/mol. The summed E-state index contributed by atoms with van der Waals surface area (Å²) in [5.41, 5.74) is 5.36. The Labute approximate surface area is 166 Å². The van der Waals surface area contributed by atoms with Crippen LogP contribution in [0.15, 0.2) is 42.1 Å². The number of carbonyl (C=O) groups excluding carboxylic acids is 2. The molecule has 1 aliphatic heterocycles. The van der Waals surface area contributed by atoms with E-state index in [-0.39, 0.29) is 11.8 Å². The molecule has 3 rings (SSSR count). The smallest absolute Gasteiger partial charge is 0.278 e. The van der Waals surface area contributed by atoms with Gasteiger partial charge in [-0.3, -0.25) is 14.5 Å². The van der Waals surface area contributed by atoms with Gasteiger partial charge >= 0.3 is 0 Å². The van der Waals surface area contributed by atoms with E-state index in [0.717, 1.165) is 22.3 Å².